The molecule has 0 aromatic rings. The normalized spacial score (nSPS) is 12.0. The lowest BCUT2D eigenvalue weighted by molar-refractivity contribution is -0.118. The maximum absolute atomic E-state index is 11.2. The Morgan fingerprint density at radius 2 is 1.17 bits per heavy atom. The van der Waals surface area contributed by atoms with Crippen molar-refractivity contribution >= 4 is 42.8 Å². The molecule has 0 aromatic carbocycles. The third-order valence-electron chi connectivity index (χ3n) is 7.01. The van der Waals surface area contributed by atoms with Crippen molar-refractivity contribution < 1.29 is 92.9 Å². The highest BCUT2D eigenvalue weighted by atomic mass is 16.6. The average molecular weight is 964 g/mol. The van der Waals surface area contributed by atoms with Crippen LogP contribution in [-0.2, 0) is 33.2 Å². The summed E-state index contributed by atoms with van der Waals surface area (Å²) in [6.45, 7) is 16.9. The Morgan fingerprint density at radius 3 is 1.58 bits per heavy atom. The molecule has 25 nitrogen and oxygen atoms in total. The SMILES string of the molecule is CC(C)CNC(=O)OCCO.CCCCC(CC)CNC(=O)OCC(C)O.CCCCNC(=O)OCC(O)CO.CCNC(=O)OC(CO)CO.CCNC(=O)OCCO.O=C1CO[C-]=N1. The summed E-state index contributed by atoms with van der Waals surface area (Å²) in [5, 5.41) is 72.1. The zero-order valence-electron chi connectivity index (χ0n) is 40.2. The van der Waals surface area contributed by atoms with E-state index in [1.807, 2.05) is 27.2 Å². The molecule has 1 rings (SSSR count). The van der Waals surface area contributed by atoms with Gasteiger partial charge < -0.3 is 101 Å². The summed E-state index contributed by atoms with van der Waals surface area (Å²) >= 11 is 0. The molecule has 0 aromatic heterocycles. The molecule has 0 fully saturated rings. The third-order valence-corrected chi connectivity index (χ3v) is 7.01. The van der Waals surface area contributed by atoms with Crippen molar-refractivity contribution in [1.82, 2.24) is 26.6 Å². The summed E-state index contributed by atoms with van der Waals surface area (Å²) < 4.78 is 27.2. The summed E-state index contributed by atoms with van der Waals surface area (Å²) in [5.74, 6) is 0.686. The van der Waals surface area contributed by atoms with E-state index in [-0.39, 0.29) is 65.4 Å². The van der Waals surface area contributed by atoms with Gasteiger partial charge in [0.25, 0.3) is 0 Å². The summed E-state index contributed by atoms with van der Waals surface area (Å²) in [4.78, 5) is 66.7. The number of unbranched alkanes of at least 4 members (excludes halogenated alkanes) is 2. The fourth-order valence-corrected chi connectivity index (χ4v) is 3.55. The van der Waals surface area contributed by atoms with E-state index in [4.69, 9.17) is 40.5 Å². The Bertz CT molecular complexity index is 1180. The Kier molecular flexibility index (Phi) is 58.0. The van der Waals surface area contributed by atoms with Gasteiger partial charge in [-0.3, -0.25) is 0 Å². The molecule has 0 saturated heterocycles. The number of carbonyl (C=O) groups excluding carboxylic acids is 6. The maximum atomic E-state index is 11.2. The molecule has 0 radical (unpaired) electrons. The highest BCUT2D eigenvalue weighted by Crippen LogP contribution is 2.11. The van der Waals surface area contributed by atoms with Gasteiger partial charge in [-0.1, -0.05) is 60.3 Å². The monoisotopic (exact) mass is 964 g/mol. The zero-order chi connectivity index (χ0) is 51.4. The van der Waals surface area contributed by atoms with Crippen LogP contribution in [0.5, 0.6) is 0 Å². The van der Waals surface area contributed by atoms with Crippen molar-refractivity contribution in [3.63, 3.8) is 0 Å². The van der Waals surface area contributed by atoms with Crippen LogP contribution < -0.4 is 26.6 Å². The first-order valence-electron chi connectivity index (χ1n) is 22.0. The Morgan fingerprint density at radius 1 is 0.667 bits per heavy atom. The molecular weight excluding hydrogens is 880 g/mol. The first kappa shape index (κ1) is 70.2. The van der Waals surface area contributed by atoms with Gasteiger partial charge in [-0.2, -0.15) is 0 Å². The van der Waals surface area contributed by atoms with Gasteiger partial charge in [0.05, 0.1) is 45.7 Å². The Balaban J connectivity index is -0.000000230. The number of nitrogens with one attached hydrogen (secondary N) is 5. The van der Waals surface area contributed by atoms with Gasteiger partial charge in [0, 0.05) is 39.1 Å². The van der Waals surface area contributed by atoms with Crippen LogP contribution in [0.2, 0.25) is 0 Å². The molecule has 0 spiro atoms. The number of ether oxygens (including phenoxy) is 6. The molecule has 3 unspecified atom stereocenters. The topological polar surface area (TPSA) is 372 Å². The molecule has 1 heterocycles. The fraction of sp³-hybridized carbons (Fsp3) is 0.829. The van der Waals surface area contributed by atoms with Crippen molar-refractivity contribution in [2.45, 2.75) is 112 Å². The summed E-state index contributed by atoms with van der Waals surface area (Å²) in [6, 6.07) is 0. The van der Waals surface area contributed by atoms with E-state index in [0.29, 0.717) is 44.6 Å². The van der Waals surface area contributed by atoms with E-state index in [1.54, 1.807) is 20.8 Å². The second kappa shape index (κ2) is 54.5. The quantitative estimate of drug-likeness (QED) is 0.0342. The third kappa shape index (κ3) is 61.3. The minimum Gasteiger partial charge on any atom is -0.581 e. The van der Waals surface area contributed by atoms with E-state index >= 15 is 0 Å². The summed E-state index contributed by atoms with van der Waals surface area (Å²) in [5.41, 5.74) is 0. The van der Waals surface area contributed by atoms with Gasteiger partial charge >= 0.3 is 30.5 Å². The average Bonchev–Trinajstić information content (AvgIpc) is 3.79. The highest BCUT2D eigenvalue weighted by molar-refractivity contribution is 5.88. The van der Waals surface area contributed by atoms with Gasteiger partial charge in [0.15, 0.2) is 0 Å². The van der Waals surface area contributed by atoms with Crippen molar-refractivity contribution in [3.8, 4) is 0 Å². The first-order chi connectivity index (χ1) is 31.4. The van der Waals surface area contributed by atoms with Crippen LogP contribution in [0.1, 0.15) is 93.9 Å². The number of rotatable bonds is 25. The predicted octanol–water partition coefficient (Wildman–Crippen LogP) is 0.796. The molecule has 392 valence electrons. The molecule has 1 aliphatic heterocycles. The van der Waals surface area contributed by atoms with Crippen molar-refractivity contribution in [1.29, 1.82) is 0 Å². The van der Waals surface area contributed by atoms with Crippen molar-refractivity contribution in [2.75, 3.05) is 98.8 Å². The van der Waals surface area contributed by atoms with Crippen LogP contribution in [0.3, 0.4) is 0 Å². The minimum absolute atomic E-state index is 0.0532. The van der Waals surface area contributed by atoms with Crippen molar-refractivity contribution in [3.05, 3.63) is 0 Å². The number of aliphatic hydroxyl groups excluding tert-OH is 7. The molecule has 66 heavy (non-hydrogen) atoms. The van der Waals surface area contributed by atoms with Crippen LogP contribution in [0.15, 0.2) is 4.99 Å². The Hall–Kier alpha value is -4.79. The summed E-state index contributed by atoms with van der Waals surface area (Å²) in [7, 11) is 0. The van der Waals surface area contributed by atoms with Gasteiger partial charge in [-0.05, 0) is 45.4 Å². The van der Waals surface area contributed by atoms with Crippen LogP contribution in [0.4, 0.5) is 24.0 Å². The number of aliphatic hydroxyl groups is 7. The van der Waals surface area contributed by atoms with Gasteiger partial charge in [-0.25, -0.2) is 24.0 Å². The lowest BCUT2D eigenvalue weighted by Crippen LogP contribution is -2.32. The molecule has 1 aliphatic rings. The maximum Gasteiger partial charge on any atom is 0.407 e. The molecule has 6 amide bonds. The van der Waals surface area contributed by atoms with Crippen molar-refractivity contribution in [2.24, 2.45) is 16.8 Å². The zero-order valence-corrected chi connectivity index (χ0v) is 40.2. The second-order valence-electron chi connectivity index (χ2n) is 13.8. The number of aliphatic imine (C=N–C) groups is 1. The lowest BCUT2D eigenvalue weighted by atomic mass is 10.00. The molecule has 25 heteroatoms. The largest absolute Gasteiger partial charge is 0.581 e. The molecule has 0 saturated carbocycles. The summed E-state index contributed by atoms with van der Waals surface area (Å²) in [6.07, 6.45) is 3.57. The number of hydrogen-bond donors (Lipinski definition) is 12. The Labute approximate surface area is 389 Å². The van der Waals surface area contributed by atoms with Gasteiger partial charge in [0.2, 0.25) is 0 Å². The fourth-order valence-electron chi connectivity index (χ4n) is 3.55. The van der Waals surface area contributed by atoms with Crippen LogP contribution >= 0.6 is 0 Å². The standard InChI is InChI=1S/C12H25NO3.C8H17NO4.C7H15NO3.C6H13NO4.C5H11NO3.C3H2NO2/c1-4-6-7-11(5-2)8-13-12(15)16-9-10(3)14;1-2-3-4-9-8(12)13-6-7(11)5-10;1-6(2)5-8-7(10)11-4-3-9;1-2-7-6(10)11-5(3-8)4-9;1-2-6-5(8)9-4-3-7;5-3-1-6-2-4-3/h10-11,14H,4-9H2,1-3H3,(H,13,15);7,10-11H,2-6H2,1H3,(H,9,12);6,9H,3-5H2,1-2H3,(H,8,10);5,8-9H,2-4H2,1H3,(H,7,10);7H,2-4H2,1H3,(H,6,8);1H2/q;;;;;-1. The molecular formula is C41H83N6O19-. The molecule has 12 N–H and O–H groups in total. The lowest BCUT2D eigenvalue weighted by Gasteiger charge is -2.15. The number of hydrogen-bond acceptors (Lipinski definition) is 19. The van der Waals surface area contributed by atoms with Crippen LogP contribution in [-0.4, -0.2) is 196 Å². The molecule has 0 aliphatic carbocycles. The number of amides is 6. The van der Waals surface area contributed by atoms with E-state index in [9.17, 15) is 28.8 Å². The van der Waals surface area contributed by atoms with Gasteiger partial charge in [-0.15, -0.1) is 0 Å². The predicted molar refractivity (Wildman–Crippen MR) is 242 cm³/mol. The van der Waals surface area contributed by atoms with Crippen LogP contribution in [0, 0.1) is 11.8 Å². The van der Waals surface area contributed by atoms with E-state index in [1.165, 1.54) is 12.8 Å². The number of carbonyl (C=O) groups is 6. The second-order valence-corrected chi connectivity index (χ2v) is 13.8. The number of alkyl carbamates (subject to hydrolysis) is 5. The van der Waals surface area contributed by atoms with E-state index in [2.05, 4.69) is 69.1 Å². The smallest absolute Gasteiger partial charge is 0.407 e. The van der Waals surface area contributed by atoms with E-state index in [0.717, 1.165) is 25.7 Å². The van der Waals surface area contributed by atoms with E-state index < -0.39 is 55.4 Å². The molecule has 3 atom stereocenters. The molecule has 0 bridgehead atoms. The van der Waals surface area contributed by atoms with Crippen LogP contribution in [0.25, 0.3) is 0 Å². The number of nitrogens with zero attached hydrogens (tertiary/aromatic N) is 1. The minimum atomic E-state index is -0.989. The highest BCUT2D eigenvalue weighted by Gasteiger charge is 2.11. The first-order valence-corrected chi connectivity index (χ1v) is 22.0. The van der Waals surface area contributed by atoms with Gasteiger partial charge in [0.1, 0.15) is 44.5 Å².